The Kier molecular flexibility index (Phi) is 1.94. The van der Waals surface area contributed by atoms with Gasteiger partial charge in [0.1, 0.15) is 19.1 Å². The van der Waals surface area contributed by atoms with Gasteiger partial charge in [-0.05, 0) is 6.07 Å². The molecule has 0 bridgehead atoms. The number of rotatable bonds is 1. The third-order valence-electron chi connectivity index (χ3n) is 2.38. The van der Waals surface area contributed by atoms with E-state index in [-0.39, 0.29) is 11.3 Å². The van der Waals surface area contributed by atoms with Gasteiger partial charge in [-0.2, -0.15) is 13.6 Å². The summed E-state index contributed by atoms with van der Waals surface area (Å²) < 4.78 is 35.1. The maximum atomic E-state index is 13.3. The third kappa shape index (κ3) is 1.28. The summed E-state index contributed by atoms with van der Waals surface area (Å²) in [5.74, 6) is -0.512. The van der Waals surface area contributed by atoms with Crippen LogP contribution in [0.3, 0.4) is 0 Å². The van der Waals surface area contributed by atoms with Crippen molar-refractivity contribution in [2.75, 3.05) is 7.05 Å². The average Bonchev–Trinajstić information content (AvgIpc) is 2.46. The summed E-state index contributed by atoms with van der Waals surface area (Å²) in [5, 5.41) is 8.78. The van der Waals surface area contributed by atoms with Crippen molar-refractivity contribution in [3.63, 3.8) is 0 Å². The number of nitrogens with zero attached hydrogens (tertiary/aromatic N) is 2. The minimum absolute atomic E-state index is 0.161. The van der Waals surface area contributed by atoms with Gasteiger partial charge in [0.25, 0.3) is 0 Å². The van der Waals surface area contributed by atoms with E-state index in [1.807, 2.05) is 0 Å². The SMILES string of the molecule is C[N+]1(S(N)(=O)=O)N=Cc2c(F)cccc21. The summed E-state index contributed by atoms with van der Waals surface area (Å²) in [6.07, 6.45) is 1.18. The molecule has 5 nitrogen and oxygen atoms in total. The zero-order valence-electron chi connectivity index (χ0n) is 7.88. The standard InChI is InChI=1S/C8H9FN3O2S/c1-12(15(10,13)14)8-4-2-3-7(9)6(8)5-11-12/h2-5H,1H3,(H2,10,13,14)/q+1. The predicted molar refractivity (Wildman–Crippen MR) is 54.8 cm³/mol. The highest BCUT2D eigenvalue weighted by Gasteiger charge is 2.44. The maximum absolute atomic E-state index is 13.3. The monoisotopic (exact) mass is 230 g/mol. The molecule has 0 amide bonds. The maximum Gasteiger partial charge on any atom is 0.397 e. The van der Waals surface area contributed by atoms with Crippen molar-refractivity contribution in [3.8, 4) is 0 Å². The number of quaternary nitrogens is 1. The van der Waals surface area contributed by atoms with Crippen LogP contribution < -0.4 is 9.14 Å². The summed E-state index contributed by atoms with van der Waals surface area (Å²) in [6.45, 7) is 0. The van der Waals surface area contributed by atoms with Gasteiger partial charge in [0.05, 0.1) is 5.56 Å². The van der Waals surface area contributed by atoms with Crippen molar-refractivity contribution >= 4 is 22.1 Å². The highest BCUT2D eigenvalue weighted by Crippen LogP contribution is 2.33. The molecular formula is C8H9FN3O2S+. The third-order valence-corrected chi connectivity index (χ3v) is 3.66. The molecule has 1 heterocycles. The molecule has 2 N–H and O–H groups in total. The van der Waals surface area contributed by atoms with Crippen molar-refractivity contribution < 1.29 is 12.8 Å². The Balaban J connectivity index is 2.75. The highest BCUT2D eigenvalue weighted by atomic mass is 32.2. The fourth-order valence-electron chi connectivity index (χ4n) is 1.45. The first-order chi connectivity index (χ1) is 6.86. The molecule has 80 valence electrons. The van der Waals surface area contributed by atoms with Crippen LogP contribution in [0.5, 0.6) is 0 Å². The molecule has 1 unspecified atom stereocenters. The minimum atomic E-state index is -3.96. The zero-order chi connectivity index (χ0) is 11.3. The van der Waals surface area contributed by atoms with E-state index >= 15 is 0 Å². The summed E-state index contributed by atoms with van der Waals surface area (Å²) in [4.78, 5) is 0. The lowest BCUT2D eigenvalue weighted by Crippen LogP contribution is -2.48. The first-order valence-electron chi connectivity index (χ1n) is 4.10. The van der Waals surface area contributed by atoms with E-state index in [0.717, 1.165) is 0 Å². The highest BCUT2D eigenvalue weighted by molar-refractivity contribution is 7.88. The van der Waals surface area contributed by atoms with Crippen molar-refractivity contribution in [3.05, 3.63) is 29.6 Å². The van der Waals surface area contributed by atoms with Crippen LogP contribution in [0.15, 0.2) is 23.3 Å². The summed E-state index contributed by atoms with van der Waals surface area (Å²) in [7, 11) is -2.67. The fraction of sp³-hybridized carbons (Fsp3) is 0.125. The Labute approximate surface area is 86.4 Å². The Morgan fingerprint density at radius 2 is 2.13 bits per heavy atom. The van der Waals surface area contributed by atoms with Crippen LogP contribution in [-0.2, 0) is 10.2 Å². The van der Waals surface area contributed by atoms with Crippen LogP contribution >= 0.6 is 0 Å². The van der Waals surface area contributed by atoms with E-state index in [4.69, 9.17) is 5.14 Å². The minimum Gasteiger partial charge on any atom is -0.206 e. The number of halogens is 1. The Hall–Kier alpha value is -1.31. The molecule has 1 aliphatic heterocycles. The number of benzene rings is 1. The van der Waals surface area contributed by atoms with Crippen LogP contribution in [0.2, 0.25) is 0 Å². The molecule has 0 spiro atoms. The van der Waals surface area contributed by atoms with Crippen molar-refractivity contribution in [1.82, 2.24) is 4.00 Å². The average molecular weight is 230 g/mol. The van der Waals surface area contributed by atoms with Crippen LogP contribution in [-0.4, -0.2) is 21.7 Å². The van der Waals surface area contributed by atoms with E-state index < -0.39 is 20.0 Å². The first-order valence-corrected chi connectivity index (χ1v) is 5.61. The smallest absolute Gasteiger partial charge is 0.206 e. The molecule has 0 radical (unpaired) electrons. The lowest BCUT2D eigenvalue weighted by Gasteiger charge is -2.19. The molecule has 1 aromatic rings. The zero-order valence-corrected chi connectivity index (χ0v) is 8.70. The van der Waals surface area contributed by atoms with E-state index in [2.05, 4.69) is 5.10 Å². The lowest BCUT2D eigenvalue weighted by atomic mass is 10.2. The topological polar surface area (TPSA) is 72.5 Å². The van der Waals surface area contributed by atoms with Gasteiger partial charge in [0, 0.05) is 6.07 Å². The van der Waals surface area contributed by atoms with Crippen molar-refractivity contribution in [1.29, 1.82) is 0 Å². The number of nitrogens with two attached hydrogens (primary N) is 1. The lowest BCUT2D eigenvalue weighted by molar-refractivity contribution is 0.487. The van der Waals surface area contributed by atoms with Crippen LogP contribution in [0.25, 0.3) is 0 Å². The summed E-state index contributed by atoms with van der Waals surface area (Å²) in [6, 6.07) is 4.14. The fourth-order valence-corrected chi connectivity index (χ4v) is 2.06. The molecular weight excluding hydrogens is 221 g/mol. The van der Waals surface area contributed by atoms with Gasteiger partial charge in [-0.15, -0.1) is 0 Å². The van der Waals surface area contributed by atoms with E-state index in [0.29, 0.717) is 0 Å². The molecule has 0 saturated heterocycles. The van der Waals surface area contributed by atoms with Crippen molar-refractivity contribution in [2.24, 2.45) is 10.2 Å². The quantitative estimate of drug-likeness (QED) is 0.705. The molecule has 15 heavy (non-hydrogen) atoms. The Morgan fingerprint density at radius 3 is 2.73 bits per heavy atom. The molecule has 0 aliphatic carbocycles. The van der Waals surface area contributed by atoms with Crippen LogP contribution in [0.1, 0.15) is 5.56 Å². The predicted octanol–water partition coefficient (Wildman–Crippen LogP) is 0.314. The summed E-state index contributed by atoms with van der Waals surface area (Å²) in [5.41, 5.74) is 0.381. The second-order valence-electron chi connectivity index (χ2n) is 3.31. The Bertz CT molecular complexity index is 555. The normalized spacial score (nSPS) is 24.2. The van der Waals surface area contributed by atoms with Crippen LogP contribution in [0.4, 0.5) is 10.1 Å². The number of fused-ring (bicyclic) bond motifs is 1. The van der Waals surface area contributed by atoms with E-state index in [9.17, 15) is 12.8 Å². The Morgan fingerprint density at radius 1 is 1.47 bits per heavy atom. The second-order valence-corrected chi connectivity index (χ2v) is 5.05. The van der Waals surface area contributed by atoms with Gasteiger partial charge in [-0.25, -0.2) is 4.39 Å². The van der Waals surface area contributed by atoms with Gasteiger partial charge >= 0.3 is 10.2 Å². The molecule has 0 fully saturated rings. The molecule has 0 saturated carbocycles. The molecule has 1 atom stereocenters. The number of hydrogen-bond donors (Lipinski definition) is 1. The van der Waals surface area contributed by atoms with Crippen LogP contribution in [0, 0.1) is 5.82 Å². The molecule has 1 aliphatic rings. The molecule has 1 aromatic carbocycles. The van der Waals surface area contributed by atoms with Gasteiger partial charge in [0.2, 0.25) is 0 Å². The molecule has 2 rings (SSSR count). The van der Waals surface area contributed by atoms with Gasteiger partial charge in [-0.1, -0.05) is 15.2 Å². The number of hydrogen-bond acceptors (Lipinski definition) is 3. The first kappa shape index (κ1) is 10.2. The second kappa shape index (κ2) is 2.84. The largest absolute Gasteiger partial charge is 0.397 e. The van der Waals surface area contributed by atoms with Gasteiger partial charge < -0.3 is 0 Å². The summed E-state index contributed by atoms with van der Waals surface area (Å²) >= 11 is 0. The molecule has 0 aromatic heterocycles. The van der Waals surface area contributed by atoms with Crippen molar-refractivity contribution in [2.45, 2.75) is 0 Å². The van der Waals surface area contributed by atoms with Gasteiger partial charge in [-0.3, -0.25) is 0 Å². The van der Waals surface area contributed by atoms with E-state index in [1.165, 1.54) is 31.5 Å². The van der Waals surface area contributed by atoms with E-state index in [1.54, 1.807) is 0 Å². The molecule has 7 heteroatoms. The van der Waals surface area contributed by atoms with Gasteiger partial charge in [0.15, 0.2) is 5.69 Å².